The lowest BCUT2D eigenvalue weighted by Gasteiger charge is -2.11. The van der Waals surface area contributed by atoms with Crippen LogP contribution in [-0.2, 0) is 24.4 Å². The predicted molar refractivity (Wildman–Crippen MR) is 97.0 cm³/mol. The van der Waals surface area contributed by atoms with Crippen molar-refractivity contribution in [3.63, 3.8) is 0 Å². The van der Waals surface area contributed by atoms with Gasteiger partial charge in [-0.3, -0.25) is 0 Å². The van der Waals surface area contributed by atoms with Crippen LogP contribution >= 0.6 is 0 Å². The average molecular weight is 383 g/mol. The third kappa shape index (κ3) is 4.68. The molecule has 0 bridgehead atoms. The largest absolute Gasteiger partial charge is 0.349 e. The molecule has 0 unspecified atom stereocenters. The van der Waals surface area contributed by atoms with Crippen LogP contribution in [-0.4, -0.2) is 28.7 Å². The van der Waals surface area contributed by atoms with Crippen LogP contribution in [0.1, 0.15) is 22.3 Å². The molecule has 0 fully saturated rings. The van der Waals surface area contributed by atoms with Gasteiger partial charge in [0.25, 0.3) is 0 Å². The maximum absolute atomic E-state index is 12.4. The summed E-state index contributed by atoms with van der Waals surface area (Å²) in [4.78, 5) is 0.309. The number of hydrogen-bond donors (Lipinski definition) is 0. The molecule has 0 saturated carbocycles. The summed E-state index contributed by atoms with van der Waals surface area (Å²) in [6, 6.07) is 9.96. The topological polar surface area (TPSA) is 77.5 Å². The quantitative estimate of drug-likeness (QED) is 0.767. The molecule has 0 aliphatic rings. The van der Waals surface area contributed by atoms with E-state index in [1.54, 1.807) is 38.1 Å². The zero-order valence-electron chi connectivity index (χ0n) is 14.7. The molecule has 0 spiro atoms. The van der Waals surface area contributed by atoms with Gasteiger partial charge in [0.05, 0.1) is 9.79 Å². The molecule has 2 aromatic rings. The van der Waals surface area contributed by atoms with E-state index < -0.39 is 31.6 Å². The molecule has 0 aliphatic heterocycles. The monoisotopic (exact) mass is 382 g/mol. The maximum atomic E-state index is 12.4. The van der Waals surface area contributed by atoms with Crippen molar-refractivity contribution in [1.82, 2.24) is 0 Å². The minimum Gasteiger partial charge on any atom is -0.349 e. The molecule has 5 nitrogen and oxygen atoms in total. The summed E-state index contributed by atoms with van der Waals surface area (Å²) >= 11 is 0. The number of sulfone groups is 2. The molecular formula is C18H22O5S2. The van der Waals surface area contributed by atoms with Gasteiger partial charge in [0.2, 0.25) is 19.7 Å². The number of hydrogen-bond acceptors (Lipinski definition) is 5. The van der Waals surface area contributed by atoms with Crippen molar-refractivity contribution >= 4 is 19.7 Å². The van der Waals surface area contributed by atoms with Crippen molar-refractivity contribution in [1.29, 1.82) is 0 Å². The van der Waals surface area contributed by atoms with Gasteiger partial charge in [-0.2, -0.15) is 0 Å². The van der Waals surface area contributed by atoms with E-state index in [4.69, 9.17) is 4.74 Å². The summed E-state index contributed by atoms with van der Waals surface area (Å²) in [5, 5.41) is 0. The first-order valence-electron chi connectivity index (χ1n) is 7.71. The highest BCUT2D eigenvalue weighted by Gasteiger charge is 2.21. The Balaban J connectivity index is 2.13. The first kappa shape index (κ1) is 19.6. The lowest BCUT2D eigenvalue weighted by Crippen LogP contribution is -2.17. The van der Waals surface area contributed by atoms with Crippen LogP contribution in [0.5, 0.6) is 0 Å². The summed E-state index contributed by atoms with van der Waals surface area (Å²) in [6.45, 7) is 7.14. The van der Waals surface area contributed by atoms with E-state index in [9.17, 15) is 16.8 Å². The molecule has 0 amide bonds. The van der Waals surface area contributed by atoms with Gasteiger partial charge in [-0.25, -0.2) is 16.8 Å². The minimum atomic E-state index is -3.72. The zero-order valence-corrected chi connectivity index (χ0v) is 16.4. The Labute approximate surface area is 149 Å². The smallest absolute Gasteiger partial charge is 0.202 e. The van der Waals surface area contributed by atoms with Gasteiger partial charge in [-0.05, 0) is 51.0 Å². The van der Waals surface area contributed by atoms with E-state index in [0.717, 1.165) is 11.1 Å². The first-order chi connectivity index (χ1) is 11.5. The van der Waals surface area contributed by atoms with Gasteiger partial charge in [0.1, 0.15) is 0 Å². The Kier molecular flexibility index (Phi) is 5.71. The number of ether oxygens (including phenoxy) is 1. The third-order valence-corrected chi connectivity index (χ3v) is 7.02. The molecule has 0 aliphatic carbocycles. The van der Waals surface area contributed by atoms with Gasteiger partial charge < -0.3 is 4.74 Å². The normalized spacial score (nSPS) is 12.3. The van der Waals surface area contributed by atoms with E-state index in [-0.39, 0.29) is 9.79 Å². The summed E-state index contributed by atoms with van der Waals surface area (Å²) < 4.78 is 54.6. The van der Waals surface area contributed by atoms with Gasteiger partial charge in [-0.1, -0.05) is 35.4 Å². The molecule has 136 valence electrons. The highest BCUT2D eigenvalue weighted by Crippen LogP contribution is 2.20. The molecule has 0 N–H and O–H groups in total. The standard InChI is InChI=1S/C18H22O5S2/c1-13-5-7-17(15(3)9-13)24(19,20)11-23-12-25(21,22)18-8-6-14(2)10-16(18)4/h5-10H,11-12H2,1-4H3. The van der Waals surface area contributed by atoms with Crippen molar-refractivity contribution < 1.29 is 21.6 Å². The highest BCUT2D eigenvalue weighted by molar-refractivity contribution is 7.92. The van der Waals surface area contributed by atoms with Gasteiger partial charge in [0.15, 0.2) is 11.9 Å². The second-order valence-electron chi connectivity index (χ2n) is 6.21. The molecule has 0 aromatic heterocycles. The third-order valence-electron chi connectivity index (χ3n) is 3.81. The Morgan fingerprint density at radius 3 is 1.36 bits per heavy atom. The van der Waals surface area contributed by atoms with Crippen LogP contribution in [0.4, 0.5) is 0 Å². The molecule has 0 heterocycles. The fraction of sp³-hybridized carbons (Fsp3) is 0.333. The van der Waals surface area contributed by atoms with Crippen LogP contribution in [0.15, 0.2) is 46.2 Å². The van der Waals surface area contributed by atoms with E-state index in [2.05, 4.69) is 0 Å². The van der Waals surface area contributed by atoms with Gasteiger partial charge in [-0.15, -0.1) is 0 Å². The predicted octanol–water partition coefficient (Wildman–Crippen LogP) is 3.10. The fourth-order valence-electron chi connectivity index (χ4n) is 2.68. The highest BCUT2D eigenvalue weighted by atomic mass is 32.2. The van der Waals surface area contributed by atoms with E-state index in [1.807, 2.05) is 13.8 Å². The SMILES string of the molecule is Cc1ccc(S(=O)(=O)COCS(=O)(=O)c2ccc(C)cc2C)c(C)c1. The number of rotatable bonds is 6. The molecule has 25 heavy (non-hydrogen) atoms. The van der Waals surface area contributed by atoms with Crippen LogP contribution in [0.25, 0.3) is 0 Å². The molecular weight excluding hydrogens is 360 g/mol. The lowest BCUT2D eigenvalue weighted by molar-refractivity contribution is 0.224. The van der Waals surface area contributed by atoms with Crippen molar-refractivity contribution in [3.05, 3.63) is 58.7 Å². The minimum absolute atomic E-state index is 0.155. The number of benzene rings is 2. The van der Waals surface area contributed by atoms with Crippen LogP contribution < -0.4 is 0 Å². The Bertz CT molecular complexity index is 909. The van der Waals surface area contributed by atoms with Crippen molar-refractivity contribution in [2.75, 3.05) is 11.9 Å². The summed E-state index contributed by atoms with van der Waals surface area (Å²) in [6.07, 6.45) is 0. The van der Waals surface area contributed by atoms with Crippen LogP contribution in [0, 0.1) is 27.7 Å². The Hall–Kier alpha value is -1.70. The first-order valence-corrected chi connectivity index (χ1v) is 11.0. The van der Waals surface area contributed by atoms with Gasteiger partial charge in [0, 0.05) is 0 Å². The van der Waals surface area contributed by atoms with Crippen molar-refractivity contribution in [2.24, 2.45) is 0 Å². The molecule has 7 heteroatoms. The summed E-state index contributed by atoms with van der Waals surface area (Å²) in [5.41, 5.74) is 3.13. The summed E-state index contributed by atoms with van der Waals surface area (Å²) in [5.74, 6) is -1.36. The van der Waals surface area contributed by atoms with Gasteiger partial charge >= 0.3 is 0 Å². The molecule has 2 aromatic carbocycles. The lowest BCUT2D eigenvalue weighted by atomic mass is 10.2. The average Bonchev–Trinajstić information content (AvgIpc) is 2.45. The fourth-order valence-corrected chi connectivity index (χ4v) is 5.29. The molecule has 2 rings (SSSR count). The number of aryl methyl sites for hydroxylation is 4. The second-order valence-corrected chi connectivity index (χ2v) is 10.0. The second kappa shape index (κ2) is 7.27. The maximum Gasteiger partial charge on any atom is 0.202 e. The van der Waals surface area contributed by atoms with Crippen molar-refractivity contribution in [3.8, 4) is 0 Å². The molecule has 0 saturated heterocycles. The zero-order chi connectivity index (χ0) is 18.8. The molecule has 0 radical (unpaired) electrons. The molecule has 0 atom stereocenters. The van der Waals surface area contributed by atoms with E-state index in [1.165, 1.54) is 12.1 Å². The Morgan fingerprint density at radius 1 is 0.680 bits per heavy atom. The van der Waals surface area contributed by atoms with E-state index in [0.29, 0.717) is 11.1 Å². The van der Waals surface area contributed by atoms with Crippen LogP contribution in [0.3, 0.4) is 0 Å². The Morgan fingerprint density at radius 2 is 1.04 bits per heavy atom. The van der Waals surface area contributed by atoms with E-state index >= 15 is 0 Å². The summed E-state index contributed by atoms with van der Waals surface area (Å²) in [7, 11) is -7.43. The van der Waals surface area contributed by atoms with Crippen LogP contribution in [0.2, 0.25) is 0 Å². The van der Waals surface area contributed by atoms with Crippen molar-refractivity contribution in [2.45, 2.75) is 37.5 Å².